The summed E-state index contributed by atoms with van der Waals surface area (Å²) >= 11 is 0. The van der Waals surface area contributed by atoms with Crippen LogP contribution in [-0.4, -0.2) is 40.7 Å². The van der Waals surface area contributed by atoms with Crippen molar-refractivity contribution in [2.75, 3.05) is 19.7 Å². The average Bonchev–Trinajstić information content (AvgIpc) is 2.72. The number of hydrogen-bond acceptors (Lipinski definition) is 5. The maximum Gasteiger partial charge on any atom is 0.321 e. The topological polar surface area (TPSA) is 47.5 Å². The molecule has 0 amide bonds. The molecule has 1 unspecified atom stereocenters. The minimum atomic E-state index is -0.207. The van der Waals surface area contributed by atoms with Crippen LogP contribution in [0.4, 0.5) is 4.39 Å². The Morgan fingerprint density at radius 3 is 2.46 bits per heavy atom. The molecule has 0 radical (unpaired) electrons. The fourth-order valence-corrected chi connectivity index (χ4v) is 3.30. The molecule has 0 spiro atoms. The minimum absolute atomic E-state index is 0.122. The highest BCUT2D eigenvalue weighted by atomic mass is 19.1. The summed E-state index contributed by atoms with van der Waals surface area (Å²) in [6.45, 7) is 3.31. The summed E-state index contributed by atoms with van der Waals surface area (Å²) in [5.74, 6) is 0.507. The van der Waals surface area contributed by atoms with E-state index in [1.807, 2.05) is 24.3 Å². The van der Waals surface area contributed by atoms with Gasteiger partial charge in [0.05, 0.1) is 12.7 Å². The third-order valence-corrected chi connectivity index (χ3v) is 4.68. The first kappa shape index (κ1) is 18.5. The second-order valence-electron chi connectivity index (χ2n) is 6.84. The van der Waals surface area contributed by atoms with Crippen molar-refractivity contribution < 1.29 is 13.9 Å². The maximum absolute atomic E-state index is 13.1. The van der Waals surface area contributed by atoms with Crippen molar-refractivity contribution in [2.45, 2.75) is 19.1 Å². The van der Waals surface area contributed by atoms with Crippen LogP contribution >= 0.6 is 0 Å². The summed E-state index contributed by atoms with van der Waals surface area (Å²) in [5.41, 5.74) is 2.31. The molecule has 0 N–H and O–H groups in total. The van der Waals surface area contributed by atoms with Gasteiger partial charge in [0.25, 0.3) is 0 Å². The standard InChI is InChI=1S/C22H22FN3O2/c23-19-6-2-17(3-7-19)14-21-16-26(12-13-27-21)15-18-4-8-20(9-5-18)28-22-24-10-1-11-25-22/h1-11,21H,12-16H2. The lowest BCUT2D eigenvalue weighted by atomic mass is 10.1. The van der Waals surface area contributed by atoms with Crippen molar-refractivity contribution in [1.82, 2.24) is 14.9 Å². The molecule has 0 aliphatic carbocycles. The molecule has 1 fully saturated rings. The van der Waals surface area contributed by atoms with Crippen LogP contribution in [0.15, 0.2) is 67.0 Å². The van der Waals surface area contributed by atoms with Crippen LogP contribution in [0.5, 0.6) is 11.8 Å². The summed E-state index contributed by atoms with van der Waals surface area (Å²) in [7, 11) is 0. The van der Waals surface area contributed by atoms with Gasteiger partial charge in [-0.1, -0.05) is 24.3 Å². The highest BCUT2D eigenvalue weighted by Crippen LogP contribution is 2.20. The number of aromatic nitrogens is 2. The number of hydrogen-bond donors (Lipinski definition) is 0. The molecule has 5 nitrogen and oxygen atoms in total. The summed E-state index contributed by atoms with van der Waals surface area (Å²) in [6, 6.07) is 16.7. The van der Waals surface area contributed by atoms with Gasteiger partial charge in [-0.2, -0.15) is 0 Å². The van der Waals surface area contributed by atoms with Crippen molar-refractivity contribution in [1.29, 1.82) is 0 Å². The average molecular weight is 379 g/mol. The molecule has 1 aliphatic heterocycles. The first-order valence-corrected chi connectivity index (χ1v) is 9.37. The number of morpholine rings is 1. The molecule has 28 heavy (non-hydrogen) atoms. The molecule has 6 heteroatoms. The van der Waals surface area contributed by atoms with Crippen molar-refractivity contribution in [2.24, 2.45) is 0 Å². The Hall–Kier alpha value is -2.83. The molecule has 1 atom stereocenters. The van der Waals surface area contributed by atoms with Gasteiger partial charge in [0, 0.05) is 32.0 Å². The van der Waals surface area contributed by atoms with E-state index in [1.54, 1.807) is 18.5 Å². The van der Waals surface area contributed by atoms with Gasteiger partial charge in [0.1, 0.15) is 11.6 Å². The largest absolute Gasteiger partial charge is 0.424 e. The molecule has 3 aromatic rings. The molecule has 2 heterocycles. The molecule has 2 aromatic carbocycles. The summed E-state index contributed by atoms with van der Waals surface area (Å²) in [4.78, 5) is 10.5. The lowest BCUT2D eigenvalue weighted by molar-refractivity contribution is -0.0305. The Morgan fingerprint density at radius 1 is 1.00 bits per heavy atom. The quantitative estimate of drug-likeness (QED) is 0.651. The van der Waals surface area contributed by atoms with Gasteiger partial charge in [0.2, 0.25) is 0 Å². The van der Waals surface area contributed by atoms with Crippen molar-refractivity contribution >= 4 is 0 Å². The number of benzene rings is 2. The first-order valence-electron chi connectivity index (χ1n) is 9.37. The Morgan fingerprint density at radius 2 is 1.71 bits per heavy atom. The van der Waals surface area contributed by atoms with E-state index in [-0.39, 0.29) is 11.9 Å². The lowest BCUT2D eigenvalue weighted by Gasteiger charge is -2.33. The Balaban J connectivity index is 1.31. The van der Waals surface area contributed by atoms with Gasteiger partial charge in [-0.25, -0.2) is 14.4 Å². The van der Waals surface area contributed by atoms with Crippen LogP contribution in [0, 0.1) is 5.82 Å². The highest BCUT2D eigenvalue weighted by Gasteiger charge is 2.21. The summed E-state index contributed by atoms with van der Waals surface area (Å²) in [6.07, 6.45) is 4.22. The van der Waals surface area contributed by atoms with Gasteiger partial charge in [-0.05, 0) is 47.9 Å². The second-order valence-corrected chi connectivity index (χ2v) is 6.84. The monoisotopic (exact) mass is 379 g/mol. The minimum Gasteiger partial charge on any atom is -0.424 e. The fraction of sp³-hybridized carbons (Fsp3) is 0.273. The Bertz CT molecular complexity index is 873. The van der Waals surface area contributed by atoms with Crippen LogP contribution in [0.1, 0.15) is 11.1 Å². The van der Waals surface area contributed by atoms with Crippen LogP contribution < -0.4 is 4.74 Å². The molecule has 1 aromatic heterocycles. The van der Waals surface area contributed by atoms with Crippen LogP contribution in [-0.2, 0) is 17.7 Å². The predicted molar refractivity (Wildman–Crippen MR) is 104 cm³/mol. The third kappa shape index (κ3) is 5.12. The number of ether oxygens (including phenoxy) is 2. The molecule has 1 aliphatic rings. The zero-order valence-electron chi connectivity index (χ0n) is 15.5. The van der Waals surface area contributed by atoms with E-state index < -0.39 is 0 Å². The van der Waals surface area contributed by atoms with Gasteiger partial charge in [0.15, 0.2) is 0 Å². The van der Waals surface area contributed by atoms with Gasteiger partial charge in [-0.15, -0.1) is 0 Å². The van der Waals surface area contributed by atoms with Crippen LogP contribution in [0.2, 0.25) is 0 Å². The molecule has 0 bridgehead atoms. The zero-order chi connectivity index (χ0) is 19.2. The molecule has 4 rings (SSSR count). The first-order chi connectivity index (χ1) is 13.7. The van der Waals surface area contributed by atoms with Gasteiger partial charge >= 0.3 is 6.01 Å². The molecule has 0 saturated carbocycles. The van der Waals surface area contributed by atoms with E-state index >= 15 is 0 Å². The van der Waals surface area contributed by atoms with Crippen LogP contribution in [0.25, 0.3) is 0 Å². The van der Waals surface area contributed by atoms with Crippen LogP contribution in [0.3, 0.4) is 0 Å². The summed E-state index contributed by atoms with van der Waals surface area (Å²) < 4.78 is 24.6. The van der Waals surface area contributed by atoms with E-state index in [2.05, 4.69) is 27.0 Å². The molecule has 1 saturated heterocycles. The fourth-order valence-electron chi connectivity index (χ4n) is 3.30. The van der Waals surface area contributed by atoms with E-state index in [9.17, 15) is 4.39 Å². The number of nitrogens with zero attached hydrogens (tertiary/aromatic N) is 3. The molecule has 144 valence electrons. The third-order valence-electron chi connectivity index (χ3n) is 4.68. The van der Waals surface area contributed by atoms with Crippen molar-refractivity contribution in [3.63, 3.8) is 0 Å². The van der Waals surface area contributed by atoms with Gasteiger partial charge in [-0.3, -0.25) is 4.90 Å². The second kappa shape index (κ2) is 8.91. The molecular formula is C22H22FN3O2. The van der Waals surface area contributed by atoms with Gasteiger partial charge < -0.3 is 9.47 Å². The Kier molecular flexibility index (Phi) is 5.89. The van der Waals surface area contributed by atoms with E-state index in [0.717, 1.165) is 31.6 Å². The molecular weight excluding hydrogens is 357 g/mol. The predicted octanol–water partition coefficient (Wildman–Crippen LogP) is 3.85. The lowest BCUT2D eigenvalue weighted by Crippen LogP contribution is -2.42. The normalized spacial score (nSPS) is 17.4. The summed E-state index contributed by atoms with van der Waals surface area (Å²) in [5, 5.41) is 0. The number of rotatable bonds is 6. The number of halogens is 1. The smallest absolute Gasteiger partial charge is 0.321 e. The SMILES string of the molecule is Fc1ccc(CC2CN(Cc3ccc(Oc4ncccn4)cc3)CCO2)cc1. The Labute approximate surface area is 163 Å². The van der Waals surface area contributed by atoms with E-state index in [4.69, 9.17) is 9.47 Å². The van der Waals surface area contributed by atoms with Crippen molar-refractivity contribution in [3.8, 4) is 11.8 Å². The maximum atomic E-state index is 13.1. The highest BCUT2D eigenvalue weighted by molar-refractivity contribution is 5.29. The van der Waals surface area contributed by atoms with E-state index in [1.165, 1.54) is 17.7 Å². The van der Waals surface area contributed by atoms with E-state index in [0.29, 0.717) is 18.4 Å². The van der Waals surface area contributed by atoms with Crippen molar-refractivity contribution in [3.05, 3.63) is 83.9 Å². The zero-order valence-corrected chi connectivity index (χ0v) is 15.5.